The van der Waals surface area contributed by atoms with Crippen LogP contribution in [0, 0.1) is 6.92 Å². The molecule has 0 bridgehead atoms. The van der Waals surface area contributed by atoms with Gasteiger partial charge in [-0.25, -0.2) is 0 Å². The lowest BCUT2D eigenvalue weighted by Crippen LogP contribution is -2.29. The molecule has 3 aromatic carbocycles. The van der Waals surface area contributed by atoms with Crippen molar-refractivity contribution >= 4 is 23.3 Å². The first kappa shape index (κ1) is 26.6. The molecule has 1 N–H and O–H groups in total. The second-order valence-electron chi connectivity index (χ2n) is 9.11. The Balaban J connectivity index is 1.58. The molecule has 0 unspecified atom stereocenters. The molecule has 0 aliphatic carbocycles. The van der Waals surface area contributed by atoms with Crippen molar-refractivity contribution in [3.8, 4) is 17.2 Å². The summed E-state index contributed by atoms with van der Waals surface area (Å²) in [6.07, 6.45) is 0. The number of ketones is 1. The van der Waals surface area contributed by atoms with Crippen LogP contribution < -0.4 is 19.1 Å². The van der Waals surface area contributed by atoms with Crippen molar-refractivity contribution in [1.29, 1.82) is 0 Å². The number of aryl methyl sites for hydroxylation is 1. The Morgan fingerprint density at radius 2 is 1.73 bits per heavy atom. The minimum absolute atomic E-state index is 0.0881. The minimum Gasteiger partial charge on any atom is -0.507 e. The highest BCUT2D eigenvalue weighted by atomic mass is 16.5. The molecular formula is C31H28N2O7. The summed E-state index contributed by atoms with van der Waals surface area (Å²) in [5, 5.41) is 15.3. The molecule has 1 fully saturated rings. The predicted octanol–water partition coefficient (Wildman–Crippen LogP) is 5.60. The molecule has 1 atom stereocenters. The number of carbonyl (C=O) groups is 2. The monoisotopic (exact) mass is 540 g/mol. The van der Waals surface area contributed by atoms with E-state index in [1.165, 1.54) is 12.0 Å². The van der Waals surface area contributed by atoms with Crippen molar-refractivity contribution in [2.75, 3.05) is 18.6 Å². The molecule has 1 saturated heterocycles. The smallest absolute Gasteiger partial charge is 0.301 e. The Kier molecular flexibility index (Phi) is 7.54. The van der Waals surface area contributed by atoms with Gasteiger partial charge in [0.05, 0.1) is 25.3 Å². The van der Waals surface area contributed by atoms with Crippen molar-refractivity contribution in [1.82, 2.24) is 5.16 Å². The first-order valence-electron chi connectivity index (χ1n) is 12.7. The van der Waals surface area contributed by atoms with E-state index in [0.29, 0.717) is 47.3 Å². The normalized spacial score (nSPS) is 16.3. The van der Waals surface area contributed by atoms with Crippen LogP contribution in [0.15, 0.2) is 89.0 Å². The summed E-state index contributed by atoms with van der Waals surface area (Å²) < 4.78 is 22.3. The molecule has 204 valence electrons. The molecule has 0 spiro atoms. The first-order valence-corrected chi connectivity index (χ1v) is 12.7. The Labute approximate surface area is 231 Å². The lowest BCUT2D eigenvalue weighted by atomic mass is 9.95. The summed E-state index contributed by atoms with van der Waals surface area (Å²) in [5.41, 5.74) is 1.77. The van der Waals surface area contributed by atoms with Gasteiger partial charge in [-0.2, -0.15) is 0 Å². The van der Waals surface area contributed by atoms with Crippen LogP contribution in [-0.2, 0) is 16.2 Å². The lowest BCUT2D eigenvalue weighted by molar-refractivity contribution is -0.132. The average molecular weight is 541 g/mol. The number of nitrogens with zero attached hydrogens (tertiary/aromatic N) is 2. The van der Waals surface area contributed by atoms with Gasteiger partial charge in [0.15, 0.2) is 17.3 Å². The summed E-state index contributed by atoms with van der Waals surface area (Å²) in [5.74, 6) is 0.104. The molecule has 1 aromatic heterocycles. The van der Waals surface area contributed by atoms with E-state index in [0.717, 1.165) is 5.56 Å². The third-order valence-electron chi connectivity index (χ3n) is 6.49. The topological polar surface area (TPSA) is 111 Å². The van der Waals surface area contributed by atoms with Gasteiger partial charge < -0.3 is 23.8 Å². The van der Waals surface area contributed by atoms with Crippen molar-refractivity contribution in [3.05, 3.63) is 107 Å². The summed E-state index contributed by atoms with van der Waals surface area (Å²) in [6, 6.07) is 22.0. The van der Waals surface area contributed by atoms with Gasteiger partial charge in [0.25, 0.3) is 5.78 Å². The molecule has 5 rings (SSSR count). The maximum absolute atomic E-state index is 13.4. The molecule has 0 saturated carbocycles. The molecule has 4 aromatic rings. The highest BCUT2D eigenvalue weighted by molar-refractivity contribution is 6.51. The van der Waals surface area contributed by atoms with Crippen molar-refractivity contribution < 1.29 is 33.4 Å². The Bertz CT molecular complexity index is 1560. The van der Waals surface area contributed by atoms with Crippen LogP contribution >= 0.6 is 0 Å². The number of aromatic nitrogens is 1. The van der Waals surface area contributed by atoms with Gasteiger partial charge in [-0.3, -0.25) is 14.5 Å². The van der Waals surface area contributed by atoms with Gasteiger partial charge in [0.1, 0.15) is 23.9 Å². The number of hydrogen-bond acceptors (Lipinski definition) is 8. The molecule has 9 nitrogen and oxygen atoms in total. The number of benzene rings is 3. The maximum atomic E-state index is 13.4. The van der Waals surface area contributed by atoms with Gasteiger partial charge in [-0.05, 0) is 61.4 Å². The molecule has 40 heavy (non-hydrogen) atoms. The minimum atomic E-state index is -1.01. The van der Waals surface area contributed by atoms with Gasteiger partial charge in [-0.15, -0.1) is 0 Å². The highest BCUT2D eigenvalue weighted by Crippen LogP contribution is 2.44. The number of amides is 1. The fourth-order valence-corrected chi connectivity index (χ4v) is 4.59. The SMILES string of the molecule is CCOc1ccc(C(O)=C2C(=O)C(=O)N(c3cc(C)on3)[C@@H]2c2ccc(OCc3ccccc3)c(OC)c2)cc1. The van der Waals surface area contributed by atoms with Crippen molar-refractivity contribution in [2.45, 2.75) is 26.5 Å². The summed E-state index contributed by atoms with van der Waals surface area (Å²) in [7, 11) is 1.51. The van der Waals surface area contributed by atoms with Gasteiger partial charge in [-0.1, -0.05) is 41.6 Å². The first-order chi connectivity index (χ1) is 19.4. The lowest BCUT2D eigenvalue weighted by Gasteiger charge is -2.24. The third kappa shape index (κ3) is 5.13. The van der Waals surface area contributed by atoms with E-state index in [1.54, 1.807) is 55.5 Å². The van der Waals surface area contributed by atoms with Crippen molar-refractivity contribution in [3.63, 3.8) is 0 Å². The van der Waals surface area contributed by atoms with Crippen LogP contribution in [0.2, 0.25) is 0 Å². The van der Waals surface area contributed by atoms with Crippen molar-refractivity contribution in [2.24, 2.45) is 0 Å². The van der Waals surface area contributed by atoms with Gasteiger partial charge >= 0.3 is 5.91 Å². The number of aliphatic hydroxyl groups excluding tert-OH is 1. The second-order valence-corrected chi connectivity index (χ2v) is 9.11. The summed E-state index contributed by atoms with van der Waals surface area (Å²) >= 11 is 0. The van der Waals surface area contributed by atoms with E-state index in [-0.39, 0.29) is 17.2 Å². The Hall–Kier alpha value is -5.05. The predicted molar refractivity (Wildman–Crippen MR) is 147 cm³/mol. The number of carbonyl (C=O) groups excluding carboxylic acids is 2. The fraction of sp³-hybridized carbons (Fsp3) is 0.194. The van der Waals surface area contributed by atoms with Crippen LogP contribution in [0.4, 0.5) is 5.82 Å². The van der Waals surface area contributed by atoms with Gasteiger partial charge in [0, 0.05) is 11.6 Å². The molecular weight excluding hydrogens is 512 g/mol. The van der Waals surface area contributed by atoms with Crippen LogP contribution in [0.25, 0.3) is 5.76 Å². The number of ether oxygens (including phenoxy) is 3. The zero-order valence-electron chi connectivity index (χ0n) is 22.3. The van der Waals surface area contributed by atoms with E-state index >= 15 is 0 Å². The van der Waals surface area contributed by atoms with E-state index < -0.39 is 17.7 Å². The maximum Gasteiger partial charge on any atom is 0.301 e. The van der Waals surface area contributed by atoms with E-state index in [1.807, 2.05) is 37.3 Å². The number of anilines is 1. The molecule has 2 heterocycles. The van der Waals surface area contributed by atoms with Crippen LogP contribution in [-0.4, -0.2) is 35.7 Å². The highest BCUT2D eigenvalue weighted by Gasteiger charge is 2.48. The Morgan fingerprint density at radius 3 is 2.38 bits per heavy atom. The van der Waals surface area contributed by atoms with E-state index in [4.69, 9.17) is 18.7 Å². The zero-order valence-corrected chi connectivity index (χ0v) is 22.3. The molecule has 1 amide bonds. The van der Waals surface area contributed by atoms with Gasteiger partial charge in [0.2, 0.25) is 0 Å². The number of Topliss-reactive ketones (excluding diaryl/α,β-unsaturated/α-hetero) is 1. The summed E-state index contributed by atoms with van der Waals surface area (Å²) in [6.45, 7) is 4.36. The second kappa shape index (κ2) is 11.4. The van der Waals surface area contributed by atoms with Crippen LogP contribution in [0.3, 0.4) is 0 Å². The number of hydrogen-bond donors (Lipinski definition) is 1. The van der Waals surface area contributed by atoms with E-state index in [2.05, 4.69) is 5.16 Å². The average Bonchev–Trinajstić information content (AvgIpc) is 3.52. The largest absolute Gasteiger partial charge is 0.507 e. The molecule has 0 radical (unpaired) electrons. The summed E-state index contributed by atoms with van der Waals surface area (Å²) in [4.78, 5) is 28.0. The molecule has 1 aliphatic heterocycles. The van der Waals surface area contributed by atoms with Crippen LogP contribution in [0.5, 0.6) is 17.2 Å². The molecule has 1 aliphatic rings. The standard InChI is InChI=1S/C31H28N2O7/c1-4-38-23-13-10-21(11-14-23)29(34)27-28(33(31(36)30(27)35)26-16-19(2)40-32-26)22-12-15-24(25(17-22)37-3)39-18-20-8-6-5-7-9-20/h5-17,28,34H,4,18H2,1-3H3/t28-/m1/s1. The zero-order chi connectivity index (χ0) is 28.2. The van der Waals surface area contributed by atoms with E-state index in [9.17, 15) is 14.7 Å². The Morgan fingerprint density at radius 1 is 0.975 bits per heavy atom. The van der Waals surface area contributed by atoms with Crippen LogP contribution in [0.1, 0.15) is 35.4 Å². The molecule has 9 heteroatoms. The fourth-order valence-electron chi connectivity index (χ4n) is 4.59. The third-order valence-corrected chi connectivity index (χ3v) is 6.49. The number of aliphatic hydroxyl groups is 1. The number of rotatable bonds is 9. The quantitative estimate of drug-likeness (QED) is 0.166. The number of methoxy groups -OCH3 is 1.